The Bertz CT molecular complexity index is 868. The highest BCUT2D eigenvalue weighted by Gasteiger charge is 2.45. The number of carbonyl (C=O) groups is 3. The zero-order chi connectivity index (χ0) is 27.1. The van der Waals surface area contributed by atoms with E-state index >= 15 is 0 Å². The van der Waals surface area contributed by atoms with Crippen LogP contribution in [0.2, 0.25) is 5.02 Å². The number of rotatable bonds is 17. The van der Waals surface area contributed by atoms with Gasteiger partial charge in [0.05, 0.1) is 43.6 Å². The summed E-state index contributed by atoms with van der Waals surface area (Å²) in [6.45, 7) is 6.53. The molecule has 1 aromatic carbocycles. The van der Waals surface area contributed by atoms with E-state index in [4.69, 9.17) is 30.5 Å². The van der Waals surface area contributed by atoms with E-state index in [9.17, 15) is 14.4 Å². The van der Waals surface area contributed by atoms with E-state index < -0.39 is 23.3 Å². The Kier molecular flexibility index (Phi) is 13.7. The van der Waals surface area contributed by atoms with Gasteiger partial charge in [-0.05, 0) is 50.3 Å². The largest absolute Gasteiger partial charge is 0.466 e. The van der Waals surface area contributed by atoms with Gasteiger partial charge in [-0.3, -0.25) is 14.4 Å². The lowest BCUT2D eigenvalue weighted by atomic mass is 9.75. The zero-order valence-electron chi connectivity index (χ0n) is 22.0. The average Bonchev–Trinajstić information content (AvgIpc) is 3.36. The molecule has 0 aromatic heterocycles. The normalized spacial score (nSPS) is 16.0. The Hall–Kier alpha value is -2.42. The Morgan fingerprint density at radius 1 is 1.16 bits per heavy atom. The summed E-state index contributed by atoms with van der Waals surface area (Å²) in [6, 6.07) is 6.68. The highest BCUT2D eigenvalue weighted by molar-refractivity contribution is 6.30. The van der Waals surface area contributed by atoms with Gasteiger partial charge in [0.25, 0.3) is 0 Å². The second kappa shape index (κ2) is 16.4. The maximum Gasteiger partial charge on any atom is 0.309 e. The van der Waals surface area contributed by atoms with Crippen LogP contribution in [0.1, 0.15) is 57.4 Å². The first kappa shape index (κ1) is 30.8. The number of hydrogen-bond acceptors (Lipinski definition) is 7. The number of benzene rings is 1. The maximum absolute atomic E-state index is 13.7. The molecule has 1 aromatic rings. The molecule has 37 heavy (non-hydrogen) atoms. The van der Waals surface area contributed by atoms with Gasteiger partial charge in [-0.15, -0.1) is 0 Å². The highest BCUT2D eigenvalue weighted by atomic mass is 35.5. The molecule has 2 unspecified atom stereocenters. The fourth-order valence-corrected chi connectivity index (χ4v) is 4.80. The molecule has 8 nitrogen and oxygen atoms in total. The summed E-state index contributed by atoms with van der Waals surface area (Å²) >= 11 is 5.95. The molecule has 1 aliphatic carbocycles. The number of amides is 1. The van der Waals surface area contributed by atoms with E-state index in [1.807, 2.05) is 12.1 Å². The average molecular weight is 538 g/mol. The molecule has 0 spiro atoms. The Morgan fingerprint density at radius 2 is 1.86 bits per heavy atom. The molecule has 0 bridgehead atoms. The van der Waals surface area contributed by atoms with Gasteiger partial charge in [-0.25, -0.2) is 0 Å². The number of ether oxygens (including phenoxy) is 4. The molecule has 0 aliphatic heterocycles. The highest BCUT2D eigenvalue weighted by Crippen LogP contribution is 2.44. The van der Waals surface area contributed by atoms with Crippen LogP contribution in [0.15, 0.2) is 36.9 Å². The van der Waals surface area contributed by atoms with Crippen LogP contribution in [0.4, 0.5) is 0 Å². The SMILES string of the molecule is C=CCOC(=O)CC(COCc1ccc(Cl)cc1)NC(=O)C1(CC(CCOC)C(=O)OCC)CCCC1. The van der Waals surface area contributed by atoms with Gasteiger partial charge in [-0.1, -0.05) is 49.2 Å². The molecule has 1 saturated carbocycles. The van der Waals surface area contributed by atoms with Crippen LogP contribution in [0.25, 0.3) is 0 Å². The third kappa shape index (κ3) is 10.5. The number of hydrogen-bond donors (Lipinski definition) is 1. The summed E-state index contributed by atoms with van der Waals surface area (Å²) in [7, 11) is 1.58. The summed E-state index contributed by atoms with van der Waals surface area (Å²) in [4.78, 5) is 38.7. The molecule has 206 valence electrons. The summed E-state index contributed by atoms with van der Waals surface area (Å²) < 4.78 is 21.5. The van der Waals surface area contributed by atoms with Gasteiger partial charge in [-0.2, -0.15) is 0 Å². The Morgan fingerprint density at radius 3 is 2.49 bits per heavy atom. The molecule has 0 saturated heterocycles. The van der Waals surface area contributed by atoms with Crippen LogP contribution < -0.4 is 5.32 Å². The van der Waals surface area contributed by atoms with Crippen LogP contribution in [-0.4, -0.2) is 57.4 Å². The summed E-state index contributed by atoms with van der Waals surface area (Å²) in [5, 5.41) is 3.67. The number of nitrogens with one attached hydrogen (secondary N) is 1. The van der Waals surface area contributed by atoms with E-state index in [-0.39, 0.29) is 38.1 Å². The van der Waals surface area contributed by atoms with Crippen molar-refractivity contribution in [1.29, 1.82) is 0 Å². The Labute approximate surface area is 225 Å². The quantitative estimate of drug-likeness (QED) is 0.228. The monoisotopic (exact) mass is 537 g/mol. The van der Waals surface area contributed by atoms with Gasteiger partial charge >= 0.3 is 11.9 Å². The summed E-state index contributed by atoms with van der Waals surface area (Å²) in [6.07, 6.45) is 5.43. The topological polar surface area (TPSA) is 100 Å². The Balaban J connectivity index is 2.12. The second-order valence-corrected chi connectivity index (χ2v) is 9.85. The molecule has 1 N–H and O–H groups in total. The second-order valence-electron chi connectivity index (χ2n) is 9.41. The van der Waals surface area contributed by atoms with Gasteiger partial charge in [0.2, 0.25) is 5.91 Å². The molecule has 0 radical (unpaired) electrons. The molecule has 2 atom stereocenters. The van der Waals surface area contributed by atoms with E-state index in [0.717, 1.165) is 18.4 Å². The zero-order valence-corrected chi connectivity index (χ0v) is 22.7. The van der Waals surface area contributed by atoms with Crippen LogP contribution in [-0.2, 0) is 39.9 Å². The number of methoxy groups -OCH3 is 1. The minimum absolute atomic E-state index is 0.0404. The van der Waals surface area contributed by atoms with E-state index in [1.165, 1.54) is 6.08 Å². The first-order valence-corrected chi connectivity index (χ1v) is 13.3. The van der Waals surface area contributed by atoms with Crippen molar-refractivity contribution in [2.75, 3.05) is 33.5 Å². The minimum Gasteiger partial charge on any atom is -0.466 e. The third-order valence-corrected chi connectivity index (χ3v) is 6.83. The van der Waals surface area contributed by atoms with Crippen molar-refractivity contribution in [3.8, 4) is 0 Å². The van der Waals surface area contributed by atoms with Crippen LogP contribution in [0, 0.1) is 11.3 Å². The lowest BCUT2D eigenvalue weighted by Crippen LogP contribution is -2.48. The summed E-state index contributed by atoms with van der Waals surface area (Å²) in [5.74, 6) is -1.38. The fraction of sp³-hybridized carbons (Fsp3) is 0.607. The predicted octanol–water partition coefficient (Wildman–Crippen LogP) is 4.63. The smallest absolute Gasteiger partial charge is 0.309 e. The first-order chi connectivity index (χ1) is 17.8. The number of carbonyl (C=O) groups excluding carboxylic acids is 3. The molecular formula is C28H40ClNO7. The molecule has 0 heterocycles. The first-order valence-electron chi connectivity index (χ1n) is 12.9. The van der Waals surface area contributed by atoms with Crippen molar-refractivity contribution in [3.63, 3.8) is 0 Å². The van der Waals surface area contributed by atoms with Crippen LogP contribution >= 0.6 is 11.6 Å². The summed E-state index contributed by atoms with van der Waals surface area (Å²) in [5.41, 5.74) is 0.205. The van der Waals surface area contributed by atoms with Crippen molar-refractivity contribution >= 4 is 29.4 Å². The number of halogens is 1. The van der Waals surface area contributed by atoms with Gasteiger partial charge in [0.15, 0.2) is 0 Å². The van der Waals surface area contributed by atoms with Crippen molar-refractivity contribution in [3.05, 3.63) is 47.5 Å². The van der Waals surface area contributed by atoms with Crippen molar-refractivity contribution < 1.29 is 33.3 Å². The minimum atomic E-state index is -0.718. The van der Waals surface area contributed by atoms with E-state index in [0.29, 0.717) is 43.9 Å². The maximum atomic E-state index is 13.7. The molecule has 9 heteroatoms. The molecule has 1 fully saturated rings. The van der Waals surface area contributed by atoms with Gasteiger partial charge in [0, 0.05) is 18.7 Å². The third-order valence-electron chi connectivity index (χ3n) is 6.58. The van der Waals surface area contributed by atoms with Crippen molar-refractivity contribution in [2.45, 2.75) is 64.5 Å². The molecule has 1 amide bonds. The lowest BCUT2D eigenvalue weighted by molar-refractivity contribution is -0.151. The van der Waals surface area contributed by atoms with Crippen LogP contribution in [0.5, 0.6) is 0 Å². The molecule has 1 aliphatic rings. The van der Waals surface area contributed by atoms with Gasteiger partial charge in [0.1, 0.15) is 6.61 Å². The van der Waals surface area contributed by atoms with Gasteiger partial charge < -0.3 is 24.3 Å². The lowest BCUT2D eigenvalue weighted by Gasteiger charge is -2.33. The van der Waals surface area contributed by atoms with Crippen molar-refractivity contribution in [1.82, 2.24) is 5.32 Å². The predicted molar refractivity (Wildman–Crippen MR) is 141 cm³/mol. The fourth-order valence-electron chi connectivity index (χ4n) is 4.67. The van der Waals surface area contributed by atoms with E-state index in [1.54, 1.807) is 26.2 Å². The van der Waals surface area contributed by atoms with E-state index in [2.05, 4.69) is 11.9 Å². The number of esters is 2. The molecule has 2 rings (SSSR count). The molecular weight excluding hydrogens is 498 g/mol. The van der Waals surface area contributed by atoms with Crippen LogP contribution in [0.3, 0.4) is 0 Å². The standard InChI is InChI=1S/C28H40ClNO7/c1-4-15-37-25(31)17-24(20-35-19-21-8-10-23(29)11-9-21)30-27(33)28(13-6-7-14-28)18-22(12-16-34-3)26(32)36-5-2/h4,8-11,22,24H,1,5-7,12-20H2,2-3H3,(H,30,33). The van der Waals surface area contributed by atoms with Crippen molar-refractivity contribution in [2.24, 2.45) is 11.3 Å².